The summed E-state index contributed by atoms with van der Waals surface area (Å²) < 4.78 is 13.9. The predicted molar refractivity (Wildman–Crippen MR) is 60.7 cm³/mol. The minimum atomic E-state index is -0.571. The number of halogens is 2. The van der Waals surface area contributed by atoms with Gasteiger partial charge in [-0.3, -0.25) is 0 Å². The average Bonchev–Trinajstić information content (AvgIpc) is 2.13. The van der Waals surface area contributed by atoms with Crippen molar-refractivity contribution < 1.29 is 4.39 Å². The second-order valence-electron chi connectivity index (χ2n) is 3.10. The van der Waals surface area contributed by atoms with Crippen LogP contribution >= 0.6 is 15.9 Å². The van der Waals surface area contributed by atoms with Crippen LogP contribution in [0.15, 0.2) is 21.6 Å². The Morgan fingerprint density at radius 2 is 2.20 bits per heavy atom. The number of rotatable bonds is 2. The fraction of sp³-hybridized carbons (Fsp3) is 0.200. The minimum absolute atomic E-state index is 0.0451. The molecule has 0 aliphatic heterocycles. The van der Waals surface area contributed by atoms with E-state index in [1.807, 2.05) is 0 Å². The lowest BCUT2D eigenvalue weighted by atomic mass is 10.2. The third-order valence-corrected chi connectivity index (χ3v) is 2.03. The SMILES string of the molecule is CN(C)C=Nc1cc(Br)cc(F)c1C#N. The van der Waals surface area contributed by atoms with E-state index in [0.29, 0.717) is 10.2 Å². The molecule has 0 saturated heterocycles. The molecular weight excluding hydrogens is 261 g/mol. The summed E-state index contributed by atoms with van der Waals surface area (Å²) in [6.45, 7) is 0. The van der Waals surface area contributed by atoms with E-state index < -0.39 is 5.82 Å². The molecule has 0 amide bonds. The highest BCUT2D eigenvalue weighted by Gasteiger charge is 2.08. The van der Waals surface area contributed by atoms with Crippen molar-refractivity contribution in [3.05, 3.63) is 28.0 Å². The zero-order valence-corrected chi connectivity index (χ0v) is 9.92. The van der Waals surface area contributed by atoms with E-state index in [-0.39, 0.29) is 5.56 Å². The van der Waals surface area contributed by atoms with E-state index in [9.17, 15) is 4.39 Å². The van der Waals surface area contributed by atoms with Crippen molar-refractivity contribution >= 4 is 28.0 Å². The molecule has 0 spiro atoms. The Kier molecular flexibility index (Phi) is 3.81. The van der Waals surface area contributed by atoms with Crippen molar-refractivity contribution in [2.45, 2.75) is 0 Å². The zero-order valence-electron chi connectivity index (χ0n) is 8.33. The van der Waals surface area contributed by atoms with Crippen LogP contribution in [0.1, 0.15) is 5.56 Å². The quantitative estimate of drug-likeness (QED) is 0.612. The normalized spacial score (nSPS) is 10.3. The number of hydrogen-bond donors (Lipinski definition) is 0. The molecule has 0 heterocycles. The molecule has 3 nitrogen and oxygen atoms in total. The molecule has 1 rings (SSSR count). The Balaban J connectivity index is 3.22. The number of benzene rings is 1. The van der Waals surface area contributed by atoms with E-state index >= 15 is 0 Å². The second kappa shape index (κ2) is 4.89. The number of hydrogen-bond acceptors (Lipinski definition) is 2. The first kappa shape index (κ1) is 11.7. The van der Waals surface area contributed by atoms with Crippen molar-refractivity contribution in [3.63, 3.8) is 0 Å². The smallest absolute Gasteiger partial charge is 0.144 e. The summed E-state index contributed by atoms with van der Waals surface area (Å²) in [4.78, 5) is 5.71. The molecule has 0 N–H and O–H groups in total. The van der Waals surface area contributed by atoms with Gasteiger partial charge < -0.3 is 4.90 Å². The van der Waals surface area contributed by atoms with Gasteiger partial charge in [-0.1, -0.05) is 15.9 Å². The van der Waals surface area contributed by atoms with Crippen LogP contribution in [0.4, 0.5) is 10.1 Å². The van der Waals surface area contributed by atoms with Gasteiger partial charge in [-0.25, -0.2) is 9.38 Å². The molecule has 1 aromatic carbocycles. The first-order valence-corrected chi connectivity index (χ1v) is 4.93. The Morgan fingerprint density at radius 3 is 2.73 bits per heavy atom. The van der Waals surface area contributed by atoms with Crippen LogP contribution in [0, 0.1) is 17.1 Å². The van der Waals surface area contributed by atoms with Gasteiger partial charge >= 0.3 is 0 Å². The van der Waals surface area contributed by atoms with Crippen LogP contribution in [-0.4, -0.2) is 25.3 Å². The highest BCUT2D eigenvalue weighted by atomic mass is 79.9. The van der Waals surface area contributed by atoms with Gasteiger partial charge in [-0.15, -0.1) is 0 Å². The highest BCUT2D eigenvalue weighted by Crippen LogP contribution is 2.26. The largest absolute Gasteiger partial charge is 0.369 e. The van der Waals surface area contributed by atoms with Crippen molar-refractivity contribution in [2.75, 3.05) is 14.1 Å². The lowest BCUT2D eigenvalue weighted by molar-refractivity contribution is 0.622. The Hall–Kier alpha value is -1.41. The molecule has 0 fully saturated rings. The molecule has 78 valence electrons. The van der Waals surface area contributed by atoms with Gasteiger partial charge in [0.15, 0.2) is 0 Å². The van der Waals surface area contributed by atoms with Crippen LogP contribution in [0.25, 0.3) is 0 Å². The summed E-state index contributed by atoms with van der Waals surface area (Å²) in [5.74, 6) is -0.571. The number of aliphatic imine (C=N–C) groups is 1. The molecule has 0 saturated carbocycles. The fourth-order valence-corrected chi connectivity index (χ4v) is 1.37. The minimum Gasteiger partial charge on any atom is -0.369 e. The van der Waals surface area contributed by atoms with Gasteiger partial charge in [-0.05, 0) is 12.1 Å². The molecular formula is C10H9BrFN3. The van der Waals surface area contributed by atoms with E-state index in [2.05, 4.69) is 20.9 Å². The molecule has 5 heteroatoms. The molecule has 0 atom stereocenters. The summed E-state index contributed by atoms with van der Waals surface area (Å²) >= 11 is 3.15. The average molecular weight is 270 g/mol. The Labute approximate surface area is 96.0 Å². The monoisotopic (exact) mass is 269 g/mol. The molecule has 0 aromatic heterocycles. The van der Waals surface area contributed by atoms with Gasteiger partial charge in [0.05, 0.1) is 12.0 Å². The third kappa shape index (κ3) is 3.03. The first-order valence-electron chi connectivity index (χ1n) is 4.14. The van der Waals surface area contributed by atoms with E-state index in [0.717, 1.165) is 0 Å². The topological polar surface area (TPSA) is 39.4 Å². The molecule has 1 aromatic rings. The Bertz CT molecular complexity index is 435. The predicted octanol–water partition coefficient (Wildman–Crippen LogP) is 2.68. The number of nitriles is 1. The molecule has 0 bridgehead atoms. The van der Waals surface area contributed by atoms with E-state index in [4.69, 9.17) is 5.26 Å². The van der Waals surface area contributed by atoms with Crippen LogP contribution in [0.3, 0.4) is 0 Å². The Morgan fingerprint density at radius 1 is 1.53 bits per heavy atom. The standard InChI is InChI=1S/C10H9BrFN3/c1-15(2)6-14-10-4-7(11)3-9(12)8(10)5-13/h3-4,6H,1-2H3. The second-order valence-corrected chi connectivity index (χ2v) is 4.02. The summed E-state index contributed by atoms with van der Waals surface area (Å²) in [5.41, 5.74) is 0.273. The molecule has 0 aliphatic rings. The maximum absolute atomic E-state index is 13.3. The maximum atomic E-state index is 13.3. The number of nitrogens with zero attached hydrogens (tertiary/aromatic N) is 3. The van der Waals surface area contributed by atoms with Crippen molar-refractivity contribution in [3.8, 4) is 6.07 Å². The van der Waals surface area contributed by atoms with Crippen molar-refractivity contribution in [1.82, 2.24) is 4.90 Å². The molecule has 0 radical (unpaired) electrons. The summed E-state index contributed by atoms with van der Waals surface area (Å²) in [6, 6.07) is 4.63. The lowest BCUT2D eigenvalue weighted by Crippen LogP contribution is -2.07. The summed E-state index contributed by atoms with van der Waals surface area (Å²) in [6.07, 6.45) is 1.52. The fourth-order valence-electron chi connectivity index (χ4n) is 0.950. The van der Waals surface area contributed by atoms with E-state index in [1.165, 1.54) is 12.4 Å². The molecule has 0 aliphatic carbocycles. The molecule has 15 heavy (non-hydrogen) atoms. The highest BCUT2D eigenvalue weighted by molar-refractivity contribution is 9.10. The molecule has 0 unspecified atom stereocenters. The van der Waals surface area contributed by atoms with Crippen LogP contribution in [0.5, 0.6) is 0 Å². The lowest BCUT2D eigenvalue weighted by Gasteiger charge is -2.04. The van der Waals surface area contributed by atoms with Gasteiger partial charge in [0.1, 0.15) is 17.4 Å². The van der Waals surface area contributed by atoms with E-state index in [1.54, 1.807) is 31.1 Å². The van der Waals surface area contributed by atoms with Crippen molar-refractivity contribution in [2.24, 2.45) is 4.99 Å². The van der Waals surface area contributed by atoms with Crippen molar-refractivity contribution in [1.29, 1.82) is 5.26 Å². The third-order valence-electron chi connectivity index (χ3n) is 1.57. The van der Waals surface area contributed by atoms with Gasteiger partial charge in [0.25, 0.3) is 0 Å². The summed E-state index contributed by atoms with van der Waals surface area (Å²) in [7, 11) is 3.59. The van der Waals surface area contributed by atoms with Crippen LogP contribution in [0.2, 0.25) is 0 Å². The van der Waals surface area contributed by atoms with Gasteiger partial charge in [0.2, 0.25) is 0 Å². The zero-order chi connectivity index (χ0) is 11.4. The van der Waals surface area contributed by atoms with Gasteiger partial charge in [0, 0.05) is 18.6 Å². The summed E-state index contributed by atoms with van der Waals surface area (Å²) in [5, 5.41) is 8.76. The first-order chi connectivity index (χ1) is 7.04. The van der Waals surface area contributed by atoms with Gasteiger partial charge in [-0.2, -0.15) is 5.26 Å². The maximum Gasteiger partial charge on any atom is 0.144 e. The van der Waals surface area contributed by atoms with Crippen LogP contribution < -0.4 is 0 Å². The van der Waals surface area contributed by atoms with Crippen LogP contribution in [-0.2, 0) is 0 Å².